The second kappa shape index (κ2) is 13.3. The number of allylic oxidation sites excluding steroid dienone is 10. The molecule has 4 rings (SSSR count). The monoisotopic (exact) mass is 562 g/mol. The number of rotatable bonds is 9. The molecular formula is C31H31FN2O5S. The van der Waals surface area contributed by atoms with Crippen molar-refractivity contribution in [3.05, 3.63) is 111 Å². The highest BCUT2D eigenvalue weighted by molar-refractivity contribution is 8.18. The zero-order chi connectivity index (χ0) is 28.6. The number of imide groups is 1. The van der Waals surface area contributed by atoms with Crippen LogP contribution in [0.1, 0.15) is 32.3 Å². The zero-order valence-electron chi connectivity index (χ0n) is 22.7. The van der Waals surface area contributed by atoms with Gasteiger partial charge < -0.3 is 14.4 Å². The molecule has 0 atom stereocenters. The van der Waals surface area contributed by atoms with Crippen LogP contribution in [0.4, 0.5) is 9.18 Å². The number of ether oxygens (including phenoxy) is 2. The minimum atomic E-state index is -0.378. The number of halogens is 1. The van der Waals surface area contributed by atoms with Crippen LogP contribution in [-0.4, -0.2) is 48.6 Å². The second-order valence-corrected chi connectivity index (χ2v) is 10.3. The molecule has 0 aromatic heterocycles. The third-order valence-electron chi connectivity index (χ3n) is 6.39. The lowest BCUT2D eigenvalue weighted by atomic mass is 9.98. The maximum absolute atomic E-state index is 13.6. The summed E-state index contributed by atoms with van der Waals surface area (Å²) in [5.41, 5.74) is 3.49. The molecule has 2 heterocycles. The van der Waals surface area contributed by atoms with E-state index >= 15 is 0 Å². The van der Waals surface area contributed by atoms with Crippen LogP contribution in [0, 0.1) is 5.82 Å². The number of likely N-dealkylation sites (N-methyl/N-ethyl adjacent to an activating group) is 1. The summed E-state index contributed by atoms with van der Waals surface area (Å²) in [5.74, 6) is 0.0650. The predicted octanol–water partition coefficient (Wildman–Crippen LogP) is 5.96. The number of Topliss-reactive ketones (excluding diaryl/α,β-unsaturated/α-hetero) is 1. The van der Waals surface area contributed by atoms with Crippen molar-refractivity contribution in [3.8, 4) is 0 Å². The molecule has 208 valence electrons. The van der Waals surface area contributed by atoms with Gasteiger partial charge in [-0.3, -0.25) is 19.7 Å². The molecule has 0 saturated carbocycles. The summed E-state index contributed by atoms with van der Waals surface area (Å²) >= 11 is 0.903. The number of carbonyl (C=O) groups is 3. The van der Waals surface area contributed by atoms with Crippen LogP contribution in [0.15, 0.2) is 99.9 Å². The topological polar surface area (TPSA) is 84.9 Å². The third kappa shape index (κ3) is 6.90. The number of ketones is 1. The molecule has 2 aliphatic heterocycles. The van der Waals surface area contributed by atoms with Crippen molar-refractivity contribution in [1.29, 1.82) is 0 Å². The Morgan fingerprint density at radius 3 is 2.58 bits per heavy atom. The molecule has 1 aromatic carbocycles. The molecule has 1 aromatic rings. The minimum absolute atomic E-state index is 0.189. The van der Waals surface area contributed by atoms with Crippen molar-refractivity contribution in [2.24, 2.45) is 0 Å². The lowest BCUT2D eigenvalue weighted by Gasteiger charge is -2.31. The summed E-state index contributed by atoms with van der Waals surface area (Å²) in [7, 11) is 1.88. The number of nitrogens with one attached hydrogen (secondary N) is 1. The van der Waals surface area contributed by atoms with Gasteiger partial charge in [0.05, 0.1) is 29.6 Å². The first-order valence-corrected chi connectivity index (χ1v) is 13.8. The van der Waals surface area contributed by atoms with Crippen LogP contribution < -0.4 is 5.32 Å². The summed E-state index contributed by atoms with van der Waals surface area (Å²) in [6.07, 6.45) is 14.1. The standard InChI is InChI=1S/C31H31FN2O5S/c1-4-5-8-23-19-34(3)26(22-11-14-24(32)15-12-22)28(27(23)35)39-18-7-17-38-25-10-6-9-21(13-16-25)20(2)29-30(36)33-31(37)40-29/h4-6,8-9,11-16H,7,10,17-19H2,1-3H3,(H,33,36,37)/b5-4-,23-8+,29-20+. The Labute approximate surface area is 237 Å². The lowest BCUT2D eigenvalue weighted by molar-refractivity contribution is -0.116. The molecule has 9 heteroatoms. The van der Waals surface area contributed by atoms with Crippen LogP contribution in [0.3, 0.4) is 0 Å². The van der Waals surface area contributed by atoms with E-state index in [1.54, 1.807) is 18.2 Å². The Balaban J connectivity index is 1.41. The highest BCUT2D eigenvalue weighted by atomic mass is 32.2. The summed E-state index contributed by atoms with van der Waals surface area (Å²) in [4.78, 5) is 39.1. The average Bonchev–Trinajstić information content (AvgIpc) is 3.11. The summed E-state index contributed by atoms with van der Waals surface area (Å²) in [6.45, 7) is 4.74. The van der Waals surface area contributed by atoms with E-state index < -0.39 is 0 Å². The largest absolute Gasteiger partial charge is 0.497 e. The van der Waals surface area contributed by atoms with Gasteiger partial charge in [0.2, 0.25) is 5.78 Å². The van der Waals surface area contributed by atoms with Gasteiger partial charge in [-0.15, -0.1) is 0 Å². The van der Waals surface area contributed by atoms with Gasteiger partial charge in [-0.2, -0.15) is 0 Å². The molecular weight excluding hydrogens is 531 g/mol. The summed E-state index contributed by atoms with van der Waals surface area (Å²) in [5, 5.41) is 1.91. The number of thioether (sulfide) groups is 1. The molecule has 1 aliphatic carbocycles. The van der Waals surface area contributed by atoms with E-state index in [-0.39, 0.29) is 35.1 Å². The lowest BCUT2D eigenvalue weighted by Crippen LogP contribution is -2.32. The van der Waals surface area contributed by atoms with Crippen LogP contribution >= 0.6 is 11.8 Å². The van der Waals surface area contributed by atoms with Gasteiger partial charge in [0, 0.05) is 37.6 Å². The Kier molecular flexibility index (Phi) is 9.60. The number of nitrogens with zero attached hydrogens (tertiary/aromatic N) is 1. The molecule has 0 radical (unpaired) electrons. The van der Waals surface area contributed by atoms with Crippen molar-refractivity contribution in [3.63, 3.8) is 0 Å². The van der Waals surface area contributed by atoms with Crippen LogP contribution in [0.25, 0.3) is 5.70 Å². The second-order valence-electron chi connectivity index (χ2n) is 9.30. The van der Waals surface area contributed by atoms with E-state index in [2.05, 4.69) is 5.32 Å². The maximum Gasteiger partial charge on any atom is 0.290 e. The first-order chi connectivity index (χ1) is 19.3. The van der Waals surface area contributed by atoms with Gasteiger partial charge in [-0.1, -0.05) is 36.5 Å². The Morgan fingerprint density at radius 2 is 1.88 bits per heavy atom. The van der Waals surface area contributed by atoms with Crippen molar-refractivity contribution < 1.29 is 28.2 Å². The molecule has 7 nitrogen and oxygen atoms in total. The molecule has 1 saturated heterocycles. The first-order valence-electron chi connectivity index (χ1n) is 12.9. The average molecular weight is 563 g/mol. The Morgan fingerprint density at radius 1 is 1.12 bits per heavy atom. The normalized spacial score (nSPS) is 20.1. The SMILES string of the molecule is C/C=C\C=C1/CN(C)C(c2ccc(F)cc2)=C(OCCCOC2=CC=C(/C(C)=C3/SC(=O)NC3=O)C=CC2)C1=O. The van der Waals surface area contributed by atoms with Crippen molar-refractivity contribution in [2.45, 2.75) is 26.7 Å². The third-order valence-corrected chi connectivity index (χ3v) is 7.37. The van der Waals surface area contributed by atoms with E-state index in [0.29, 0.717) is 47.7 Å². The molecule has 0 unspecified atom stereocenters. The number of benzene rings is 1. The first kappa shape index (κ1) is 28.9. The molecule has 1 fully saturated rings. The molecule has 3 aliphatic rings. The quantitative estimate of drug-likeness (QED) is 0.294. The molecule has 1 N–H and O–H groups in total. The predicted molar refractivity (Wildman–Crippen MR) is 154 cm³/mol. The summed E-state index contributed by atoms with van der Waals surface area (Å²) < 4.78 is 25.5. The van der Waals surface area contributed by atoms with Crippen LogP contribution in [0.2, 0.25) is 0 Å². The van der Waals surface area contributed by atoms with E-state index in [4.69, 9.17) is 9.47 Å². The molecule has 40 heavy (non-hydrogen) atoms. The smallest absolute Gasteiger partial charge is 0.290 e. The Bertz CT molecular complexity index is 1410. The van der Waals surface area contributed by atoms with E-state index in [1.165, 1.54) is 12.1 Å². The highest BCUT2D eigenvalue weighted by Crippen LogP contribution is 2.32. The minimum Gasteiger partial charge on any atom is -0.497 e. The molecule has 0 spiro atoms. The van der Waals surface area contributed by atoms with Gasteiger partial charge in [0.25, 0.3) is 11.1 Å². The fraction of sp³-hybridized carbons (Fsp3) is 0.258. The van der Waals surface area contributed by atoms with E-state index in [9.17, 15) is 18.8 Å². The number of carbonyl (C=O) groups excluding carboxylic acids is 3. The number of hydrogen-bond acceptors (Lipinski definition) is 7. The fourth-order valence-electron chi connectivity index (χ4n) is 4.36. The summed E-state index contributed by atoms with van der Waals surface area (Å²) in [6, 6.07) is 6.02. The highest BCUT2D eigenvalue weighted by Gasteiger charge is 2.31. The molecule has 0 bridgehead atoms. The maximum atomic E-state index is 13.6. The van der Waals surface area contributed by atoms with Crippen molar-refractivity contribution in [2.75, 3.05) is 26.8 Å². The zero-order valence-corrected chi connectivity index (χ0v) is 23.5. The fourth-order valence-corrected chi connectivity index (χ4v) is 5.10. The van der Waals surface area contributed by atoms with Gasteiger partial charge in [-0.05, 0) is 67.1 Å². The van der Waals surface area contributed by atoms with Crippen molar-refractivity contribution >= 4 is 34.4 Å². The van der Waals surface area contributed by atoms with Crippen LogP contribution in [-0.2, 0) is 19.1 Å². The number of hydrogen-bond donors (Lipinski definition) is 1. The van der Waals surface area contributed by atoms with Crippen molar-refractivity contribution in [1.82, 2.24) is 10.2 Å². The van der Waals surface area contributed by atoms with Gasteiger partial charge in [0.1, 0.15) is 5.82 Å². The van der Waals surface area contributed by atoms with Gasteiger partial charge in [-0.25, -0.2) is 4.39 Å². The van der Waals surface area contributed by atoms with Crippen LogP contribution in [0.5, 0.6) is 0 Å². The van der Waals surface area contributed by atoms with Gasteiger partial charge >= 0.3 is 0 Å². The Hall–Kier alpha value is -4.11. The number of amides is 2. The van der Waals surface area contributed by atoms with E-state index in [1.807, 2.05) is 62.3 Å². The van der Waals surface area contributed by atoms with Gasteiger partial charge in [0.15, 0.2) is 5.76 Å². The van der Waals surface area contributed by atoms with E-state index in [0.717, 1.165) is 28.7 Å². The molecule has 2 amide bonds.